The van der Waals surface area contributed by atoms with Crippen molar-refractivity contribution in [1.29, 1.82) is 0 Å². The van der Waals surface area contributed by atoms with E-state index in [4.69, 9.17) is 4.52 Å². The number of hydrogen-bond acceptors (Lipinski definition) is 5. The fraction of sp³-hybridized carbons (Fsp3) is 0.579. The van der Waals surface area contributed by atoms with Gasteiger partial charge in [0.2, 0.25) is 5.89 Å². The number of halogens is 1. The molecule has 2 aromatic rings. The van der Waals surface area contributed by atoms with Crippen molar-refractivity contribution in [1.82, 2.24) is 19.9 Å². The largest absolute Gasteiger partial charge is 0.338 e. The first kappa shape index (κ1) is 16.7. The van der Waals surface area contributed by atoms with E-state index in [1.54, 1.807) is 6.07 Å². The zero-order valence-electron chi connectivity index (χ0n) is 14.9. The highest BCUT2D eigenvalue weighted by molar-refractivity contribution is 5.20. The first-order valence-corrected chi connectivity index (χ1v) is 9.19. The smallest absolute Gasteiger partial charge is 0.243 e. The Bertz CT molecular complexity index is 722. The van der Waals surface area contributed by atoms with Crippen LogP contribution in [0.1, 0.15) is 62.0 Å². The van der Waals surface area contributed by atoms with Gasteiger partial charge in [0.25, 0.3) is 0 Å². The fourth-order valence-electron chi connectivity index (χ4n) is 3.60. The van der Waals surface area contributed by atoms with Gasteiger partial charge in [-0.1, -0.05) is 23.4 Å². The van der Waals surface area contributed by atoms with Gasteiger partial charge >= 0.3 is 0 Å². The van der Waals surface area contributed by atoms with E-state index in [2.05, 4.69) is 33.8 Å². The van der Waals surface area contributed by atoms with Crippen LogP contribution in [0.25, 0.3) is 0 Å². The zero-order valence-corrected chi connectivity index (χ0v) is 14.9. The molecule has 0 amide bonds. The van der Waals surface area contributed by atoms with Crippen molar-refractivity contribution in [2.75, 3.05) is 26.2 Å². The van der Waals surface area contributed by atoms with Crippen molar-refractivity contribution in [2.24, 2.45) is 0 Å². The highest BCUT2D eigenvalue weighted by Gasteiger charge is 2.32. The molecule has 0 spiro atoms. The molecule has 0 N–H and O–H groups in total. The lowest BCUT2D eigenvalue weighted by molar-refractivity contribution is 0.0669. The van der Waals surface area contributed by atoms with Crippen molar-refractivity contribution < 1.29 is 8.91 Å². The molecule has 2 aliphatic rings. The molecule has 2 heterocycles. The Hall–Kier alpha value is -1.79. The van der Waals surface area contributed by atoms with Gasteiger partial charge in [-0.05, 0) is 32.8 Å². The summed E-state index contributed by atoms with van der Waals surface area (Å²) in [5.41, 5.74) is 0.773. The van der Waals surface area contributed by atoms with Crippen LogP contribution >= 0.6 is 0 Å². The number of aromatic nitrogens is 2. The maximum atomic E-state index is 14.0. The van der Waals surface area contributed by atoms with Gasteiger partial charge in [0, 0.05) is 43.7 Å². The summed E-state index contributed by atoms with van der Waals surface area (Å²) in [5.74, 6) is 1.98. The highest BCUT2D eigenvalue weighted by Crippen LogP contribution is 2.38. The molecule has 25 heavy (non-hydrogen) atoms. The minimum absolute atomic E-state index is 0.0866. The van der Waals surface area contributed by atoms with Crippen molar-refractivity contribution in [3.05, 3.63) is 47.4 Å². The third kappa shape index (κ3) is 3.46. The van der Waals surface area contributed by atoms with Gasteiger partial charge in [0.15, 0.2) is 5.82 Å². The van der Waals surface area contributed by atoms with E-state index >= 15 is 0 Å². The van der Waals surface area contributed by atoms with Crippen LogP contribution in [0.2, 0.25) is 0 Å². The van der Waals surface area contributed by atoms with Gasteiger partial charge in [0.1, 0.15) is 5.82 Å². The molecule has 1 saturated carbocycles. The average molecular weight is 344 g/mol. The number of rotatable bonds is 5. The van der Waals surface area contributed by atoms with Crippen LogP contribution < -0.4 is 0 Å². The van der Waals surface area contributed by atoms with Crippen LogP contribution in [-0.4, -0.2) is 46.1 Å². The lowest BCUT2D eigenvalue weighted by atomic mass is 10.1. The summed E-state index contributed by atoms with van der Waals surface area (Å²) in [5, 5.41) is 4.12. The number of nitrogens with zero attached hydrogens (tertiary/aromatic N) is 4. The second kappa shape index (κ2) is 6.84. The Labute approximate surface area is 147 Å². The molecule has 1 saturated heterocycles. The molecule has 2 atom stereocenters. The van der Waals surface area contributed by atoms with Gasteiger partial charge in [-0.15, -0.1) is 0 Å². The third-order valence-electron chi connectivity index (χ3n) is 5.56. The van der Waals surface area contributed by atoms with Crippen molar-refractivity contribution >= 4 is 0 Å². The van der Waals surface area contributed by atoms with E-state index < -0.39 is 0 Å². The molecule has 6 heteroatoms. The van der Waals surface area contributed by atoms with Crippen LogP contribution in [0, 0.1) is 5.82 Å². The highest BCUT2D eigenvalue weighted by atomic mass is 19.1. The number of piperazine rings is 1. The van der Waals surface area contributed by atoms with E-state index in [0.717, 1.165) is 43.5 Å². The second-order valence-corrected chi connectivity index (χ2v) is 7.21. The first-order valence-electron chi connectivity index (χ1n) is 9.19. The third-order valence-corrected chi connectivity index (χ3v) is 5.56. The summed E-state index contributed by atoms with van der Waals surface area (Å²) in [7, 11) is 0. The van der Waals surface area contributed by atoms with Gasteiger partial charge in [0.05, 0.1) is 6.04 Å². The minimum Gasteiger partial charge on any atom is -0.338 e. The Morgan fingerprint density at radius 1 is 1.04 bits per heavy atom. The van der Waals surface area contributed by atoms with Crippen LogP contribution in [0.15, 0.2) is 28.8 Å². The molecule has 134 valence electrons. The molecule has 1 aliphatic carbocycles. The van der Waals surface area contributed by atoms with Gasteiger partial charge < -0.3 is 4.52 Å². The van der Waals surface area contributed by atoms with Gasteiger partial charge in [-0.3, -0.25) is 9.80 Å². The van der Waals surface area contributed by atoms with Crippen LogP contribution in [0.3, 0.4) is 0 Å². The van der Waals surface area contributed by atoms with Crippen molar-refractivity contribution in [3.8, 4) is 0 Å². The fourth-order valence-corrected chi connectivity index (χ4v) is 3.60. The molecule has 0 bridgehead atoms. The molecule has 5 nitrogen and oxygen atoms in total. The second-order valence-electron chi connectivity index (χ2n) is 7.21. The van der Waals surface area contributed by atoms with E-state index in [1.807, 2.05) is 12.1 Å². The lowest BCUT2D eigenvalue weighted by Crippen LogP contribution is -2.47. The van der Waals surface area contributed by atoms with Crippen LogP contribution in [0.5, 0.6) is 0 Å². The van der Waals surface area contributed by atoms with Gasteiger partial charge in [-0.25, -0.2) is 4.39 Å². The van der Waals surface area contributed by atoms with E-state index in [-0.39, 0.29) is 17.9 Å². The molecule has 1 aliphatic heterocycles. The molecular weight excluding hydrogens is 319 g/mol. The van der Waals surface area contributed by atoms with Gasteiger partial charge in [-0.2, -0.15) is 4.98 Å². The van der Waals surface area contributed by atoms with E-state index in [1.165, 1.54) is 18.9 Å². The van der Waals surface area contributed by atoms with Crippen LogP contribution in [0.4, 0.5) is 4.39 Å². The Morgan fingerprint density at radius 2 is 1.68 bits per heavy atom. The number of hydrogen-bond donors (Lipinski definition) is 0. The molecular formula is C19H25FN4O. The summed E-state index contributed by atoms with van der Waals surface area (Å²) in [6.45, 7) is 7.85. The predicted molar refractivity (Wildman–Crippen MR) is 92.6 cm³/mol. The van der Waals surface area contributed by atoms with E-state index in [9.17, 15) is 4.39 Å². The molecule has 1 aromatic carbocycles. The summed E-state index contributed by atoms with van der Waals surface area (Å²) >= 11 is 0. The standard InChI is InChI=1S/C19H25FN4O/c1-13(16-5-3-4-6-17(16)20)23-9-11-24(12-10-23)14(2)19-21-18(22-25-19)15-7-8-15/h3-6,13-15H,7-12H2,1-2H3/t13-,14-/m0/s1. The average Bonchev–Trinajstić information content (AvgIpc) is 3.38. The normalized spacial score (nSPS) is 22.0. The predicted octanol–water partition coefficient (Wildman–Crippen LogP) is 3.53. The molecule has 4 rings (SSSR count). The zero-order chi connectivity index (χ0) is 17.4. The molecule has 0 unspecified atom stereocenters. The Kier molecular flexibility index (Phi) is 4.56. The lowest BCUT2D eigenvalue weighted by Gasteiger charge is -2.39. The summed E-state index contributed by atoms with van der Waals surface area (Å²) < 4.78 is 19.5. The van der Waals surface area contributed by atoms with Crippen molar-refractivity contribution in [3.63, 3.8) is 0 Å². The summed E-state index contributed by atoms with van der Waals surface area (Å²) in [6.07, 6.45) is 2.36. The summed E-state index contributed by atoms with van der Waals surface area (Å²) in [6, 6.07) is 7.28. The van der Waals surface area contributed by atoms with Crippen molar-refractivity contribution in [2.45, 2.75) is 44.7 Å². The molecule has 0 radical (unpaired) electrons. The maximum Gasteiger partial charge on any atom is 0.243 e. The number of benzene rings is 1. The molecule has 2 fully saturated rings. The van der Waals surface area contributed by atoms with Crippen LogP contribution in [-0.2, 0) is 0 Å². The summed E-state index contributed by atoms with van der Waals surface area (Å²) in [4.78, 5) is 9.29. The Morgan fingerprint density at radius 3 is 2.32 bits per heavy atom. The monoisotopic (exact) mass is 344 g/mol. The Balaban J connectivity index is 1.36. The topological polar surface area (TPSA) is 45.4 Å². The minimum atomic E-state index is -0.121. The maximum absolute atomic E-state index is 14.0. The first-order chi connectivity index (χ1) is 12.1. The quantitative estimate of drug-likeness (QED) is 0.830. The van der Waals surface area contributed by atoms with E-state index in [0.29, 0.717) is 5.92 Å². The SMILES string of the molecule is C[C@@H](c1nc(C2CC2)no1)N1CCN([C@@H](C)c2ccccc2F)CC1. The molecule has 1 aromatic heterocycles.